The summed E-state index contributed by atoms with van der Waals surface area (Å²) in [5.41, 5.74) is 2.42. The third kappa shape index (κ3) is 2.59. The second-order valence-electron chi connectivity index (χ2n) is 3.48. The van der Waals surface area contributed by atoms with E-state index in [0.717, 1.165) is 5.56 Å². The normalized spacial score (nSPS) is 9.81. The van der Waals surface area contributed by atoms with Crippen molar-refractivity contribution in [3.63, 3.8) is 0 Å². The van der Waals surface area contributed by atoms with Gasteiger partial charge in [-0.3, -0.25) is 4.79 Å². The zero-order valence-corrected chi connectivity index (χ0v) is 9.03. The zero-order valence-electron chi connectivity index (χ0n) is 9.03. The number of carbonyl (C=O) groups is 1. The predicted molar refractivity (Wildman–Crippen MR) is 57.8 cm³/mol. The van der Waals surface area contributed by atoms with E-state index in [4.69, 9.17) is 10.4 Å². The van der Waals surface area contributed by atoms with Gasteiger partial charge in [-0.05, 0) is 29.2 Å². The van der Waals surface area contributed by atoms with Gasteiger partial charge < -0.3 is 10.2 Å². The third-order valence-corrected chi connectivity index (χ3v) is 2.40. The molecule has 1 rings (SSSR count). The molecule has 0 bridgehead atoms. The molecule has 16 heavy (non-hydrogen) atoms. The highest BCUT2D eigenvalue weighted by atomic mass is 16.4. The van der Waals surface area contributed by atoms with Crippen molar-refractivity contribution in [2.45, 2.75) is 26.4 Å². The number of carboxylic acid groups (broad SMARTS) is 1. The topological polar surface area (TPSA) is 81.3 Å². The largest absolute Gasteiger partial charge is 0.481 e. The smallest absolute Gasteiger partial charge is 0.307 e. The van der Waals surface area contributed by atoms with Gasteiger partial charge in [-0.1, -0.05) is 13.0 Å². The molecule has 1 aromatic rings. The van der Waals surface area contributed by atoms with Gasteiger partial charge in [0, 0.05) is 0 Å². The Morgan fingerprint density at radius 3 is 2.62 bits per heavy atom. The zero-order chi connectivity index (χ0) is 12.1. The summed E-state index contributed by atoms with van der Waals surface area (Å²) in [4.78, 5) is 10.6. The first-order valence-electron chi connectivity index (χ1n) is 4.99. The van der Waals surface area contributed by atoms with Crippen LogP contribution >= 0.6 is 0 Å². The first-order valence-corrected chi connectivity index (χ1v) is 4.99. The van der Waals surface area contributed by atoms with Gasteiger partial charge in [0.1, 0.15) is 0 Å². The number of hydrogen-bond donors (Lipinski definition) is 2. The molecule has 4 heteroatoms. The lowest BCUT2D eigenvalue weighted by Crippen LogP contribution is -2.04. The van der Waals surface area contributed by atoms with Crippen molar-refractivity contribution in [3.05, 3.63) is 34.4 Å². The Balaban J connectivity index is 3.27. The highest BCUT2D eigenvalue weighted by Crippen LogP contribution is 2.19. The van der Waals surface area contributed by atoms with Crippen molar-refractivity contribution >= 4 is 5.97 Å². The Kier molecular flexibility index (Phi) is 4.03. The molecule has 0 aliphatic rings. The van der Waals surface area contributed by atoms with Gasteiger partial charge in [-0.2, -0.15) is 5.26 Å². The molecule has 0 aliphatic carbocycles. The Hall–Kier alpha value is -1.86. The molecule has 4 nitrogen and oxygen atoms in total. The summed E-state index contributed by atoms with van der Waals surface area (Å²) in [6.45, 7) is 1.72. The van der Waals surface area contributed by atoms with Crippen LogP contribution in [0.4, 0.5) is 0 Å². The number of nitriles is 1. The van der Waals surface area contributed by atoms with Gasteiger partial charge in [-0.25, -0.2) is 0 Å². The second-order valence-corrected chi connectivity index (χ2v) is 3.48. The SMILES string of the molecule is CCc1c(C#N)cc(CC(=O)O)cc1CO. The number of hydrogen-bond acceptors (Lipinski definition) is 3. The number of carboxylic acids is 1. The lowest BCUT2D eigenvalue weighted by atomic mass is 9.95. The summed E-state index contributed by atoms with van der Waals surface area (Å²) >= 11 is 0. The fourth-order valence-electron chi connectivity index (χ4n) is 1.73. The van der Waals surface area contributed by atoms with Gasteiger partial charge in [0.05, 0.1) is 24.7 Å². The number of nitrogens with zero attached hydrogens (tertiary/aromatic N) is 1. The number of aliphatic carboxylic acids is 1. The minimum absolute atomic E-state index is 0.133. The number of aliphatic hydroxyl groups excluding tert-OH is 1. The second kappa shape index (κ2) is 5.29. The third-order valence-electron chi connectivity index (χ3n) is 2.40. The van der Waals surface area contributed by atoms with Crippen LogP contribution in [-0.2, 0) is 24.2 Å². The molecule has 0 fully saturated rings. The van der Waals surface area contributed by atoms with Crippen LogP contribution in [0.3, 0.4) is 0 Å². The molecule has 0 unspecified atom stereocenters. The van der Waals surface area contributed by atoms with Crippen LogP contribution in [0.1, 0.15) is 29.2 Å². The molecule has 0 atom stereocenters. The molecule has 1 aromatic carbocycles. The average Bonchev–Trinajstić information content (AvgIpc) is 2.26. The highest BCUT2D eigenvalue weighted by Gasteiger charge is 2.10. The van der Waals surface area contributed by atoms with Crippen molar-refractivity contribution in [1.82, 2.24) is 0 Å². The Morgan fingerprint density at radius 1 is 1.50 bits per heavy atom. The molecule has 84 valence electrons. The van der Waals surface area contributed by atoms with Crippen LogP contribution in [0.15, 0.2) is 12.1 Å². The van der Waals surface area contributed by atoms with Gasteiger partial charge in [0.2, 0.25) is 0 Å². The number of rotatable bonds is 4. The predicted octanol–water partition coefficient (Wildman–Crippen LogP) is 1.24. The van der Waals surface area contributed by atoms with Gasteiger partial charge in [0.25, 0.3) is 0 Å². The summed E-state index contributed by atoms with van der Waals surface area (Å²) in [5, 5.41) is 26.8. The Morgan fingerprint density at radius 2 is 2.19 bits per heavy atom. The maximum Gasteiger partial charge on any atom is 0.307 e. The lowest BCUT2D eigenvalue weighted by Gasteiger charge is -2.09. The van der Waals surface area contributed by atoms with Gasteiger partial charge in [0.15, 0.2) is 0 Å². The molecule has 0 aromatic heterocycles. The molecule has 2 N–H and O–H groups in total. The monoisotopic (exact) mass is 219 g/mol. The fourth-order valence-corrected chi connectivity index (χ4v) is 1.73. The van der Waals surface area contributed by atoms with Crippen LogP contribution in [0.2, 0.25) is 0 Å². The van der Waals surface area contributed by atoms with Crippen LogP contribution in [0.5, 0.6) is 0 Å². The number of aliphatic hydroxyl groups is 1. The van der Waals surface area contributed by atoms with Crippen molar-refractivity contribution in [2.24, 2.45) is 0 Å². The number of benzene rings is 1. The van der Waals surface area contributed by atoms with E-state index < -0.39 is 5.97 Å². The summed E-state index contributed by atoms with van der Waals surface area (Å²) in [7, 11) is 0. The summed E-state index contributed by atoms with van der Waals surface area (Å²) in [6, 6.07) is 5.25. The van der Waals surface area contributed by atoms with Gasteiger partial charge in [-0.15, -0.1) is 0 Å². The quantitative estimate of drug-likeness (QED) is 0.798. The van der Waals surface area contributed by atoms with E-state index >= 15 is 0 Å². The molecule has 0 amide bonds. The fraction of sp³-hybridized carbons (Fsp3) is 0.333. The van der Waals surface area contributed by atoms with E-state index in [1.165, 1.54) is 0 Å². The van der Waals surface area contributed by atoms with Crippen LogP contribution in [-0.4, -0.2) is 16.2 Å². The lowest BCUT2D eigenvalue weighted by molar-refractivity contribution is -0.136. The maximum atomic E-state index is 10.6. The van der Waals surface area contributed by atoms with Gasteiger partial charge >= 0.3 is 5.97 Å². The molecule has 0 radical (unpaired) electrons. The van der Waals surface area contributed by atoms with Crippen LogP contribution in [0, 0.1) is 11.3 Å². The molecule has 0 saturated heterocycles. The summed E-state index contributed by atoms with van der Waals surface area (Å²) in [5.74, 6) is -0.947. The Bertz CT molecular complexity index is 446. The maximum absolute atomic E-state index is 10.6. The highest BCUT2D eigenvalue weighted by molar-refractivity contribution is 5.70. The molecule has 0 saturated carbocycles. The minimum atomic E-state index is -0.947. The van der Waals surface area contributed by atoms with E-state index in [9.17, 15) is 9.90 Å². The summed E-state index contributed by atoms with van der Waals surface area (Å²) in [6.07, 6.45) is 0.512. The Labute approximate surface area is 93.8 Å². The van der Waals surface area contributed by atoms with E-state index in [1.807, 2.05) is 13.0 Å². The van der Waals surface area contributed by atoms with Crippen molar-refractivity contribution in [2.75, 3.05) is 0 Å². The van der Waals surface area contributed by atoms with Crippen LogP contribution < -0.4 is 0 Å². The molecular weight excluding hydrogens is 206 g/mol. The minimum Gasteiger partial charge on any atom is -0.481 e. The summed E-state index contributed by atoms with van der Waals surface area (Å²) < 4.78 is 0. The van der Waals surface area contributed by atoms with Crippen molar-refractivity contribution in [1.29, 1.82) is 5.26 Å². The van der Waals surface area contributed by atoms with Crippen molar-refractivity contribution in [3.8, 4) is 6.07 Å². The first-order chi connectivity index (χ1) is 7.62. The molecule has 0 heterocycles. The average molecular weight is 219 g/mol. The van der Waals surface area contributed by atoms with E-state index in [2.05, 4.69) is 0 Å². The van der Waals surface area contributed by atoms with Crippen LogP contribution in [0.25, 0.3) is 0 Å². The standard InChI is InChI=1S/C12H13NO3/c1-2-11-9(6-13)3-8(5-12(15)16)4-10(11)7-14/h3-4,14H,2,5,7H2,1H3,(H,15,16). The van der Waals surface area contributed by atoms with E-state index in [0.29, 0.717) is 23.1 Å². The molecule has 0 spiro atoms. The van der Waals surface area contributed by atoms with E-state index in [-0.39, 0.29) is 13.0 Å². The molecular formula is C12H13NO3. The van der Waals surface area contributed by atoms with E-state index in [1.54, 1.807) is 12.1 Å². The first kappa shape index (κ1) is 12.2. The molecule has 0 aliphatic heterocycles. The van der Waals surface area contributed by atoms with Crippen molar-refractivity contribution < 1.29 is 15.0 Å².